The number of rotatable bonds is 4. The minimum atomic E-state index is 0.498. The summed E-state index contributed by atoms with van der Waals surface area (Å²) in [7, 11) is 0. The predicted molar refractivity (Wildman–Crippen MR) is 83.1 cm³/mol. The Balaban J connectivity index is 2.09. The van der Waals surface area contributed by atoms with Crippen molar-refractivity contribution in [2.24, 2.45) is 5.73 Å². The molecular weight excluding hydrogens is 322 g/mol. The molecule has 0 aliphatic rings. The molecule has 2 N–H and O–H groups in total. The quantitative estimate of drug-likeness (QED) is 0.866. The maximum atomic E-state index is 5.69. The Kier molecular flexibility index (Phi) is 4.96. The second-order valence-corrected chi connectivity index (χ2v) is 6.20. The van der Waals surface area contributed by atoms with Crippen LogP contribution in [0.1, 0.15) is 22.8 Å². The fourth-order valence-electron chi connectivity index (χ4n) is 1.85. The largest absolute Gasteiger partial charge is 0.326 e. The van der Waals surface area contributed by atoms with E-state index < -0.39 is 0 Å². The summed E-state index contributed by atoms with van der Waals surface area (Å²) in [6.07, 6.45) is 0. The highest BCUT2D eigenvalue weighted by Crippen LogP contribution is 2.23. The summed E-state index contributed by atoms with van der Waals surface area (Å²) in [5.41, 5.74) is 8.72. The number of nitrogens with two attached hydrogens (primary N) is 1. The molecular formula is C14H16BrN3S. The van der Waals surface area contributed by atoms with Crippen molar-refractivity contribution in [3.63, 3.8) is 0 Å². The Labute approximate surface area is 126 Å². The van der Waals surface area contributed by atoms with E-state index in [9.17, 15) is 0 Å². The lowest BCUT2D eigenvalue weighted by Gasteiger charge is -2.09. The van der Waals surface area contributed by atoms with Gasteiger partial charge < -0.3 is 5.73 Å². The molecule has 2 aromatic rings. The highest BCUT2D eigenvalue weighted by atomic mass is 79.9. The van der Waals surface area contributed by atoms with Crippen LogP contribution in [0.4, 0.5) is 0 Å². The van der Waals surface area contributed by atoms with Crippen molar-refractivity contribution in [3.8, 4) is 0 Å². The first-order valence-electron chi connectivity index (χ1n) is 6.01. The Morgan fingerprint density at radius 3 is 2.21 bits per heavy atom. The molecule has 19 heavy (non-hydrogen) atoms. The van der Waals surface area contributed by atoms with Crippen molar-refractivity contribution < 1.29 is 0 Å². The molecule has 0 bridgehead atoms. The topological polar surface area (TPSA) is 51.8 Å². The van der Waals surface area contributed by atoms with Gasteiger partial charge in [0.1, 0.15) is 5.82 Å². The molecule has 0 aliphatic heterocycles. The SMILES string of the molecule is Cc1nc(CSc2ccc(Br)cc2)nc(C)c1CN. The van der Waals surface area contributed by atoms with Crippen LogP contribution in [0.25, 0.3) is 0 Å². The molecule has 0 amide bonds. The van der Waals surface area contributed by atoms with Crippen LogP contribution in [0.2, 0.25) is 0 Å². The van der Waals surface area contributed by atoms with Crippen molar-refractivity contribution in [1.82, 2.24) is 9.97 Å². The maximum Gasteiger partial charge on any atom is 0.139 e. The summed E-state index contributed by atoms with van der Waals surface area (Å²) in [6.45, 7) is 4.48. The van der Waals surface area contributed by atoms with Crippen LogP contribution < -0.4 is 5.73 Å². The molecule has 0 radical (unpaired) electrons. The molecule has 3 nitrogen and oxygen atoms in total. The van der Waals surface area contributed by atoms with E-state index in [0.29, 0.717) is 6.54 Å². The molecule has 1 heterocycles. The van der Waals surface area contributed by atoms with Crippen LogP contribution in [0.5, 0.6) is 0 Å². The highest BCUT2D eigenvalue weighted by Gasteiger charge is 2.07. The zero-order chi connectivity index (χ0) is 13.8. The summed E-state index contributed by atoms with van der Waals surface area (Å²) in [6, 6.07) is 8.25. The Morgan fingerprint density at radius 1 is 1.11 bits per heavy atom. The number of hydrogen-bond donors (Lipinski definition) is 1. The van der Waals surface area contributed by atoms with Crippen LogP contribution in [0, 0.1) is 13.8 Å². The summed E-state index contributed by atoms with van der Waals surface area (Å²) in [5, 5.41) is 0. The zero-order valence-electron chi connectivity index (χ0n) is 11.0. The Morgan fingerprint density at radius 2 is 1.68 bits per heavy atom. The molecule has 0 saturated heterocycles. The lowest BCUT2D eigenvalue weighted by molar-refractivity contribution is 0.891. The smallest absolute Gasteiger partial charge is 0.139 e. The van der Waals surface area contributed by atoms with Crippen LogP contribution >= 0.6 is 27.7 Å². The van der Waals surface area contributed by atoms with E-state index in [4.69, 9.17) is 5.73 Å². The monoisotopic (exact) mass is 337 g/mol. The number of halogens is 1. The van der Waals surface area contributed by atoms with Gasteiger partial charge in [0.05, 0.1) is 5.75 Å². The van der Waals surface area contributed by atoms with Crippen molar-refractivity contribution in [2.45, 2.75) is 31.0 Å². The van der Waals surface area contributed by atoms with Crippen LogP contribution in [0.3, 0.4) is 0 Å². The fraction of sp³-hybridized carbons (Fsp3) is 0.286. The molecule has 0 spiro atoms. The van der Waals surface area contributed by atoms with Crippen molar-refractivity contribution in [1.29, 1.82) is 0 Å². The normalized spacial score (nSPS) is 10.7. The van der Waals surface area contributed by atoms with Gasteiger partial charge in [-0.3, -0.25) is 0 Å². The van der Waals surface area contributed by atoms with E-state index in [1.54, 1.807) is 11.8 Å². The average Bonchev–Trinajstić information content (AvgIpc) is 2.38. The first-order chi connectivity index (χ1) is 9.10. The molecule has 2 rings (SSSR count). The lowest BCUT2D eigenvalue weighted by atomic mass is 10.2. The Bertz CT molecular complexity index is 546. The van der Waals surface area contributed by atoms with Crippen molar-refractivity contribution in [2.75, 3.05) is 0 Å². The average molecular weight is 338 g/mol. The number of thioether (sulfide) groups is 1. The summed E-state index contributed by atoms with van der Waals surface area (Å²) in [4.78, 5) is 10.2. The highest BCUT2D eigenvalue weighted by molar-refractivity contribution is 9.10. The molecule has 1 aromatic carbocycles. The molecule has 0 atom stereocenters. The van der Waals surface area contributed by atoms with Gasteiger partial charge in [-0.1, -0.05) is 15.9 Å². The van der Waals surface area contributed by atoms with Gasteiger partial charge in [-0.25, -0.2) is 9.97 Å². The first-order valence-corrected chi connectivity index (χ1v) is 7.79. The summed E-state index contributed by atoms with van der Waals surface area (Å²) in [5.74, 6) is 1.63. The van der Waals surface area contributed by atoms with Gasteiger partial charge in [0.25, 0.3) is 0 Å². The number of hydrogen-bond acceptors (Lipinski definition) is 4. The predicted octanol–water partition coefficient (Wildman–Crippen LogP) is 3.61. The third kappa shape index (κ3) is 3.78. The molecule has 0 unspecified atom stereocenters. The number of aromatic nitrogens is 2. The van der Waals surface area contributed by atoms with E-state index in [1.165, 1.54) is 4.90 Å². The van der Waals surface area contributed by atoms with Gasteiger partial charge in [-0.05, 0) is 38.1 Å². The van der Waals surface area contributed by atoms with Gasteiger partial charge >= 0.3 is 0 Å². The maximum absolute atomic E-state index is 5.69. The second-order valence-electron chi connectivity index (χ2n) is 4.24. The minimum absolute atomic E-state index is 0.498. The van der Waals surface area contributed by atoms with Gasteiger partial charge in [0, 0.05) is 32.9 Å². The number of benzene rings is 1. The van der Waals surface area contributed by atoms with Crippen LogP contribution in [0.15, 0.2) is 33.6 Å². The van der Waals surface area contributed by atoms with Gasteiger partial charge in [0.15, 0.2) is 0 Å². The minimum Gasteiger partial charge on any atom is -0.326 e. The van der Waals surface area contributed by atoms with Crippen LogP contribution in [-0.4, -0.2) is 9.97 Å². The van der Waals surface area contributed by atoms with Crippen molar-refractivity contribution >= 4 is 27.7 Å². The fourth-order valence-corrected chi connectivity index (χ4v) is 2.87. The van der Waals surface area contributed by atoms with E-state index >= 15 is 0 Å². The molecule has 5 heteroatoms. The van der Waals surface area contributed by atoms with E-state index in [2.05, 4.69) is 38.0 Å². The summed E-state index contributed by atoms with van der Waals surface area (Å²) >= 11 is 5.17. The van der Waals surface area contributed by atoms with E-state index in [1.807, 2.05) is 26.0 Å². The van der Waals surface area contributed by atoms with Gasteiger partial charge in [0.2, 0.25) is 0 Å². The standard InChI is InChI=1S/C14H16BrN3S/c1-9-13(7-16)10(2)18-14(17-9)8-19-12-5-3-11(15)4-6-12/h3-6H,7-8,16H2,1-2H3. The zero-order valence-corrected chi connectivity index (χ0v) is 13.4. The first kappa shape index (κ1) is 14.5. The third-order valence-corrected chi connectivity index (χ3v) is 4.39. The molecule has 1 aromatic heterocycles. The number of nitrogens with zero attached hydrogens (tertiary/aromatic N) is 2. The van der Waals surface area contributed by atoms with Gasteiger partial charge in [-0.15, -0.1) is 11.8 Å². The molecule has 100 valence electrons. The Hall–Kier alpha value is -0.910. The van der Waals surface area contributed by atoms with E-state index in [-0.39, 0.29) is 0 Å². The molecule has 0 saturated carbocycles. The molecule has 0 aliphatic carbocycles. The van der Waals surface area contributed by atoms with Crippen molar-refractivity contribution in [3.05, 3.63) is 51.5 Å². The lowest BCUT2D eigenvalue weighted by Crippen LogP contribution is -2.08. The third-order valence-electron chi connectivity index (χ3n) is 2.85. The van der Waals surface area contributed by atoms with Crippen LogP contribution in [-0.2, 0) is 12.3 Å². The second kappa shape index (κ2) is 6.50. The number of aryl methyl sites for hydroxylation is 2. The van der Waals surface area contributed by atoms with E-state index in [0.717, 1.165) is 33.0 Å². The molecule has 0 fully saturated rings. The van der Waals surface area contributed by atoms with Gasteiger partial charge in [-0.2, -0.15) is 0 Å². The summed E-state index contributed by atoms with van der Waals surface area (Å²) < 4.78 is 1.09.